The second-order valence-corrected chi connectivity index (χ2v) is 3.32. The summed E-state index contributed by atoms with van der Waals surface area (Å²) in [7, 11) is 0. The molecule has 1 aromatic rings. The van der Waals surface area contributed by atoms with Gasteiger partial charge in [0.05, 0.1) is 18.4 Å². The van der Waals surface area contributed by atoms with Gasteiger partial charge in [-0.25, -0.2) is 0 Å². The van der Waals surface area contributed by atoms with Crippen LogP contribution in [0, 0.1) is 5.92 Å². The van der Waals surface area contributed by atoms with Crippen LogP contribution in [0.4, 0.5) is 0 Å². The molecule has 1 heterocycles. The molecule has 1 amide bonds. The van der Waals surface area contributed by atoms with Gasteiger partial charge in [0.15, 0.2) is 5.78 Å². The first-order valence-electron chi connectivity index (χ1n) is 4.44. The smallest absolute Gasteiger partial charge is 0.254 e. The lowest BCUT2D eigenvalue weighted by Crippen LogP contribution is -2.31. The van der Waals surface area contributed by atoms with Gasteiger partial charge >= 0.3 is 0 Å². The quantitative estimate of drug-likeness (QED) is 0.786. The number of furan rings is 1. The first-order valence-corrected chi connectivity index (χ1v) is 4.44. The maximum absolute atomic E-state index is 11.3. The van der Waals surface area contributed by atoms with E-state index in [0.29, 0.717) is 5.56 Å². The number of hydrogen-bond acceptors (Lipinski definition) is 3. The third-order valence-corrected chi connectivity index (χ3v) is 1.85. The molecule has 4 heteroatoms. The summed E-state index contributed by atoms with van der Waals surface area (Å²) in [5.74, 6) is -0.325. The fourth-order valence-electron chi connectivity index (χ4n) is 0.867. The number of carbonyl (C=O) groups excluding carboxylic acids is 2. The predicted molar refractivity (Wildman–Crippen MR) is 50.9 cm³/mol. The van der Waals surface area contributed by atoms with Crippen LogP contribution in [-0.2, 0) is 4.79 Å². The first kappa shape index (κ1) is 10.5. The molecule has 0 aromatic carbocycles. The van der Waals surface area contributed by atoms with Crippen LogP contribution in [0.25, 0.3) is 0 Å². The van der Waals surface area contributed by atoms with Crippen LogP contribution in [0.3, 0.4) is 0 Å². The minimum atomic E-state index is -0.284. The van der Waals surface area contributed by atoms with E-state index >= 15 is 0 Å². The summed E-state index contributed by atoms with van der Waals surface area (Å²) in [6.45, 7) is 3.67. The van der Waals surface area contributed by atoms with Crippen molar-refractivity contribution in [3.05, 3.63) is 24.2 Å². The van der Waals surface area contributed by atoms with Crippen molar-refractivity contribution < 1.29 is 14.0 Å². The van der Waals surface area contributed by atoms with Crippen LogP contribution in [0.2, 0.25) is 0 Å². The van der Waals surface area contributed by atoms with E-state index in [9.17, 15) is 9.59 Å². The molecule has 0 aliphatic carbocycles. The minimum absolute atomic E-state index is 0.0156. The van der Waals surface area contributed by atoms with E-state index in [4.69, 9.17) is 4.42 Å². The molecule has 4 nitrogen and oxygen atoms in total. The van der Waals surface area contributed by atoms with Crippen LogP contribution in [0.15, 0.2) is 23.0 Å². The third-order valence-electron chi connectivity index (χ3n) is 1.85. The van der Waals surface area contributed by atoms with E-state index in [1.54, 1.807) is 19.9 Å². The summed E-state index contributed by atoms with van der Waals surface area (Å²) in [4.78, 5) is 22.5. The fraction of sp³-hybridized carbons (Fsp3) is 0.400. The Hall–Kier alpha value is -1.58. The van der Waals surface area contributed by atoms with Crippen molar-refractivity contribution in [3.63, 3.8) is 0 Å². The van der Waals surface area contributed by atoms with Crippen molar-refractivity contribution in [1.29, 1.82) is 0 Å². The molecule has 0 unspecified atom stereocenters. The normalized spacial score (nSPS) is 10.2. The Labute approximate surface area is 82.3 Å². The van der Waals surface area contributed by atoms with E-state index in [1.807, 2.05) is 0 Å². The SMILES string of the molecule is CC(C)C(=O)CNC(=O)c1ccoc1. The zero-order chi connectivity index (χ0) is 10.6. The van der Waals surface area contributed by atoms with Crippen molar-refractivity contribution in [1.82, 2.24) is 5.32 Å². The highest BCUT2D eigenvalue weighted by Gasteiger charge is 2.10. The third kappa shape index (κ3) is 2.73. The molecular formula is C10H13NO3. The average Bonchev–Trinajstić information content (AvgIpc) is 2.66. The van der Waals surface area contributed by atoms with Gasteiger partial charge in [0.2, 0.25) is 0 Å². The highest BCUT2D eigenvalue weighted by Crippen LogP contribution is 1.99. The Balaban J connectivity index is 2.40. The summed E-state index contributed by atoms with van der Waals surface area (Å²) in [5.41, 5.74) is 0.432. The van der Waals surface area contributed by atoms with Gasteiger partial charge in [-0.05, 0) is 6.07 Å². The molecule has 0 fully saturated rings. The number of ketones is 1. The molecule has 0 saturated heterocycles. The van der Waals surface area contributed by atoms with Gasteiger partial charge in [-0.2, -0.15) is 0 Å². The number of Topliss-reactive ketones (excluding diaryl/α,β-unsaturated/α-hetero) is 1. The number of amides is 1. The summed E-state index contributed by atoms with van der Waals surface area (Å²) in [5, 5.41) is 2.52. The van der Waals surface area contributed by atoms with E-state index in [-0.39, 0.29) is 24.2 Å². The lowest BCUT2D eigenvalue weighted by atomic mass is 10.1. The number of rotatable bonds is 4. The predicted octanol–water partition coefficient (Wildman–Crippen LogP) is 1.23. The van der Waals surface area contributed by atoms with Gasteiger partial charge < -0.3 is 9.73 Å². The Bertz CT molecular complexity index is 314. The topological polar surface area (TPSA) is 59.3 Å². The fourth-order valence-corrected chi connectivity index (χ4v) is 0.867. The zero-order valence-electron chi connectivity index (χ0n) is 8.24. The highest BCUT2D eigenvalue weighted by molar-refractivity contribution is 5.96. The van der Waals surface area contributed by atoms with Crippen molar-refractivity contribution in [2.24, 2.45) is 5.92 Å². The molecule has 76 valence electrons. The first-order chi connectivity index (χ1) is 6.61. The van der Waals surface area contributed by atoms with Crippen LogP contribution < -0.4 is 5.32 Å². The summed E-state index contributed by atoms with van der Waals surface area (Å²) in [6.07, 6.45) is 2.76. The Morgan fingerprint density at radius 1 is 1.50 bits per heavy atom. The van der Waals surface area contributed by atoms with E-state index < -0.39 is 0 Å². The molecule has 0 saturated carbocycles. The molecular weight excluding hydrogens is 182 g/mol. The second-order valence-electron chi connectivity index (χ2n) is 3.32. The number of nitrogens with one attached hydrogen (secondary N) is 1. The molecule has 14 heavy (non-hydrogen) atoms. The molecule has 0 atom stereocenters. The molecule has 0 aliphatic rings. The average molecular weight is 195 g/mol. The van der Waals surface area contributed by atoms with Crippen LogP contribution in [-0.4, -0.2) is 18.2 Å². The summed E-state index contributed by atoms with van der Waals surface area (Å²) < 4.78 is 4.74. The van der Waals surface area contributed by atoms with E-state index in [2.05, 4.69) is 5.32 Å². The highest BCUT2D eigenvalue weighted by atomic mass is 16.3. The molecule has 0 radical (unpaired) electrons. The lowest BCUT2D eigenvalue weighted by molar-refractivity contribution is -0.120. The molecule has 0 aliphatic heterocycles. The molecule has 1 aromatic heterocycles. The van der Waals surface area contributed by atoms with Crippen molar-refractivity contribution >= 4 is 11.7 Å². The molecule has 1 rings (SSSR count). The molecule has 0 spiro atoms. The zero-order valence-corrected chi connectivity index (χ0v) is 8.24. The Morgan fingerprint density at radius 3 is 2.71 bits per heavy atom. The molecule has 1 N–H and O–H groups in total. The van der Waals surface area contributed by atoms with Crippen molar-refractivity contribution in [2.75, 3.05) is 6.54 Å². The minimum Gasteiger partial charge on any atom is -0.472 e. The largest absolute Gasteiger partial charge is 0.472 e. The van der Waals surface area contributed by atoms with Gasteiger partial charge in [0.25, 0.3) is 5.91 Å². The van der Waals surface area contributed by atoms with Crippen LogP contribution >= 0.6 is 0 Å². The Kier molecular flexibility index (Phi) is 3.45. The van der Waals surface area contributed by atoms with E-state index in [1.165, 1.54) is 12.5 Å². The number of hydrogen-bond donors (Lipinski definition) is 1. The van der Waals surface area contributed by atoms with Crippen molar-refractivity contribution in [2.45, 2.75) is 13.8 Å². The summed E-state index contributed by atoms with van der Waals surface area (Å²) in [6, 6.07) is 1.55. The van der Waals surface area contributed by atoms with Crippen LogP contribution in [0.1, 0.15) is 24.2 Å². The van der Waals surface area contributed by atoms with Gasteiger partial charge in [0.1, 0.15) is 6.26 Å². The molecule has 0 bridgehead atoms. The standard InChI is InChI=1S/C10H13NO3/c1-7(2)9(12)5-11-10(13)8-3-4-14-6-8/h3-4,6-7H,5H2,1-2H3,(H,11,13). The van der Waals surface area contributed by atoms with Gasteiger partial charge in [0, 0.05) is 5.92 Å². The summed E-state index contributed by atoms with van der Waals surface area (Å²) >= 11 is 0. The van der Waals surface area contributed by atoms with Gasteiger partial charge in [-0.3, -0.25) is 9.59 Å². The Morgan fingerprint density at radius 2 is 2.21 bits per heavy atom. The maximum atomic E-state index is 11.3. The monoisotopic (exact) mass is 195 g/mol. The number of carbonyl (C=O) groups is 2. The maximum Gasteiger partial charge on any atom is 0.254 e. The van der Waals surface area contributed by atoms with E-state index in [0.717, 1.165) is 0 Å². The van der Waals surface area contributed by atoms with Crippen molar-refractivity contribution in [3.8, 4) is 0 Å². The van der Waals surface area contributed by atoms with Gasteiger partial charge in [-0.1, -0.05) is 13.8 Å². The van der Waals surface area contributed by atoms with Gasteiger partial charge in [-0.15, -0.1) is 0 Å². The second kappa shape index (κ2) is 4.60. The van der Waals surface area contributed by atoms with Crippen LogP contribution in [0.5, 0.6) is 0 Å². The lowest BCUT2D eigenvalue weighted by Gasteiger charge is -2.04.